The Morgan fingerprint density at radius 2 is 2.15 bits per heavy atom. The standard InChI is InChI=1S/C19H23N5O2/c1-14-15(11-24(22-14)16-5-3-2-4-6-16)10-20-18(26)23-8-7-19(13-23)9-17(25)21-12-19/h2-6,11H,7-10,12-13H2,1H3,(H,20,26)(H,21,25). The highest BCUT2D eigenvalue weighted by Crippen LogP contribution is 2.36. The van der Waals surface area contributed by atoms with Crippen molar-refractivity contribution >= 4 is 11.9 Å². The Morgan fingerprint density at radius 1 is 1.35 bits per heavy atom. The summed E-state index contributed by atoms with van der Waals surface area (Å²) in [7, 11) is 0. The van der Waals surface area contributed by atoms with Gasteiger partial charge in [0, 0.05) is 49.8 Å². The van der Waals surface area contributed by atoms with Crippen LogP contribution in [-0.4, -0.2) is 46.3 Å². The number of aryl methyl sites for hydroxylation is 1. The minimum atomic E-state index is -0.0758. The highest BCUT2D eigenvalue weighted by molar-refractivity contribution is 5.80. The number of benzene rings is 1. The third-order valence-corrected chi connectivity index (χ3v) is 5.37. The van der Waals surface area contributed by atoms with Gasteiger partial charge in [-0.05, 0) is 25.5 Å². The van der Waals surface area contributed by atoms with Gasteiger partial charge in [0.1, 0.15) is 0 Å². The van der Waals surface area contributed by atoms with Crippen molar-refractivity contribution in [1.29, 1.82) is 0 Å². The molecule has 0 aliphatic carbocycles. The molecule has 1 atom stereocenters. The van der Waals surface area contributed by atoms with Crippen molar-refractivity contribution in [3.63, 3.8) is 0 Å². The fourth-order valence-electron chi connectivity index (χ4n) is 3.81. The van der Waals surface area contributed by atoms with Gasteiger partial charge in [-0.25, -0.2) is 9.48 Å². The number of rotatable bonds is 3. The van der Waals surface area contributed by atoms with E-state index in [-0.39, 0.29) is 17.4 Å². The molecule has 2 aliphatic heterocycles. The van der Waals surface area contributed by atoms with Crippen LogP contribution in [-0.2, 0) is 11.3 Å². The van der Waals surface area contributed by atoms with E-state index in [1.165, 1.54) is 0 Å². The number of amides is 3. The van der Waals surface area contributed by atoms with Gasteiger partial charge in [0.2, 0.25) is 5.91 Å². The smallest absolute Gasteiger partial charge is 0.317 e. The normalized spacial score (nSPS) is 22.0. The quantitative estimate of drug-likeness (QED) is 0.880. The first-order valence-electron chi connectivity index (χ1n) is 8.95. The summed E-state index contributed by atoms with van der Waals surface area (Å²) in [5, 5.41) is 10.4. The largest absolute Gasteiger partial charge is 0.355 e. The first-order chi connectivity index (χ1) is 12.5. The molecule has 26 heavy (non-hydrogen) atoms. The van der Waals surface area contributed by atoms with Crippen LogP contribution < -0.4 is 10.6 Å². The average molecular weight is 353 g/mol. The number of hydrogen-bond donors (Lipinski definition) is 2. The molecule has 3 amide bonds. The van der Waals surface area contributed by atoms with E-state index in [0.29, 0.717) is 32.6 Å². The zero-order chi connectivity index (χ0) is 18.1. The molecule has 2 saturated heterocycles. The van der Waals surface area contributed by atoms with E-state index in [1.54, 1.807) is 0 Å². The minimum absolute atomic E-state index is 0.0669. The van der Waals surface area contributed by atoms with Crippen LogP contribution in [0, 0.1) is 12.3 Å². The third kappa shape index (κ3) is 3.16. The van der Waals surface area contributed by atoms with E-state index in [9.17, 15) is 9.59 Å². The van der Waals surface area contributed by atoms with Crippen molar-refractivity contribution in [3.05, 3.63) is 47.8 Å². The lowest BCUT2D eigenvalue weighted by atomic mass is 9.86. The van der Waals surface area contributed by atoms with E-state index in [0.717, 1.165) is 23.4 Å². The van der Waals surface area contributed by atoms with Crippen LogP contribution >= 0.6 is 0 Å². The molecule has 7 nitrogen and oxygen atoms in total. The summed E-state index contributed by atoms with van der Waals surface area (Å²) in [4.78, 5) is 25.8. The third-order valence-electron chi connectivity index (χ3n) is 5.37. The Labute approximate surface area is 152 Å². The van der Waals surface area contributed by atoms with Crippen molar-refractivity contribution in [3.8, 4) is 5.69 Å². The minimum Gasteiger partial charge on any atom is -0.355 e. The molecule has 2 fully saturated rings. The van der Waals surface area contributed by atoms with Crippen molar-refractivity contribution in [1.82, 2.24) is 25.3 Å². The number of aromatic nitrogens is 2. The van der Waals surface area contributed by atoms with Crippen LogP contribution in [0.25, 0.3) is 5.69 Å². The van der Waals surface area contributed by atoms with E-state index < -0.39 is 0 Å². The molecule has 2 N–H and O–H groups in total. The van der Waals surface area contributed by atoms with Crippen LogP contribution in [0.5, 0.6) is 0 Å². The molecule has 0 saturated carbocycles. The Morgan fingerprint density at radius 3 is 2.88 bits per heavy atom. The van der Waals surface area contributed by atoms with Crippen LogP contribution in [0.1, 0.15) is 24.1 Å². The molecule has 3 heterocycles. The van der Waals surface area contributed by atoms with E-state index in [2.05, 4.69) is 15.7 Å². The molecule has 1 unspecified atom stereocenters. The topological polar surface area (TPSA) is 79.3 Å². The summed E-state index contributed by atoms with van der Waals surface area (Å²) in [5.74, 6) is 0.0937. The van der Waals surface area contributed by atoms with Crippen molar-refractivity contribution in [2.45, 2.75) is 26.3 Å². The van der Waals surface area contributed by atoms with Crippen LogP contribution in [0.2, 0.25) is 0 Å². The lowest BCUT2D eigenvalue weighted by Gasteiger charge is -2.22. The molecule has 1 spiro atoms. The Balaban J connectivity index is 1.37. The van der Waals surface area contributed by atoms with Gasteiger partial charge in [0.15, 0.2) is 0 Å². The maximum absolute atomic E-state index is 12.5. The number of carbonyl (C=O) groups is 2. The van der Waals surface area contributed by atoms with Gasteiger partial charge in [0.25, 0.3) is 0 Å². The molecule has 7 heteroatoms. The lowest BCUT2D eigenvalue weighted by Crippen LogP contribution is -2.40. The number of hydrogen-bond acceptors (Lipinski definition) is 3. The predicted molar refractivity (Wildman–Crippen MR) is 96.8 cm³/mol. The van der Waals surface area contributed by atoms with E-state index in [1.807, 2.05) is 53.0 Å². The molecule has 136 valence electrons. The van der Waals surface area contributed by atoms with Crippen LogP contribution in [0.4, 0.5) is 4.79 Å². The van der Waals surface area contributed by atoms with Gasteiger partial charge in [-0.1, -0.05) is 18.2 Å². The number of nitrogens with one attached hydrogen (secondary N) is 2. The van der Waals surface area contributed by atoms with E-state index >= 15 is 0 Å². The predicted octanol–water partition coefficient (Wildman–Crippen LogP) is 1.60. The number of para-hydroxylation sites is 1. The maximum Gasteiger partial charge on any atom is 0.317 e. The summed E-state index contributed by atoms with van der Waals surface area (Å²) < 4.78 is 1.83. The summed E-state index contributed by atoms with van der Waals surface area (Å²) >= 11 is 0. The highest BCUT2D eigenvalue weighted by atomic mass is 16.2. The summed E-state index contributed by atoms with van der Waals surface area (Å²) in [6, 6.07) is 9.83. The zero-order valence-corrected chi connectivity index (χ0v) is 14.9. The Hall–Kier alpha value is -2.83. The molecule has 2 aliphatic rings. The van der Waals surface area contributed by atoms with Crippen LogP contribution in [0.3, 0.4) is 0 Å². The summed E-state index contributed by atoms with van der Waals surface area (Å²) in [5.41, 5.74) is 2.82. The fraction of sp³-hybridized carbons (Fsp3) is 0.421. The van der Waals surface area contributed by atoms with Gasteiger partial charge in [-0.3, -0.25) is 4.79 Å². The number of likely N-dealkylation sites (tertiary alicyclic amines) is 1. The van der Waals surface area contributed by atoms with Gasteiger partial charge in [-0.2, -0.15) is 5.10 Å². The molecular formula is C19H23N5O2. The van der Waals surface area contributed by atoms with Gasteiger partial charge < -0.3 is 15.5 Å². The number of urea groups is 1. The SMILES string of the molecule is Cc1nn(-c2ccccc2)cc1CNC(=O)N1CCC2(CNC(=O)C2)C1. The molecule has 1 aromatic heterocycles. The van der Waals surface area contributed by atoms with Crippen molar-refractivity contribution in [2.75, 3.05) is 19.6 Å². The number of nitrogens with zero attached hydrogens (tertiary/aromatic N) is 3. The molecule has 0 bridgehead atoms. The van der Waals surface area contributed by atoms with Crippen molar-refractivity contribution < 1.29 is 9.59 Å². The Bertz CT molecular complexity index is 832. The second-order valence-corrected chi connectivity index (χ2v) is 7.30. The second-order valence-electron chi connectivity index (χ2n) is 7.30. The molecular weight excluding hydrogens is 330 g/mol. The molecule has 4 rings (SSSR count). The molecule has 0 radical (unpaired) electrons. The van der Waals surface area contributed by atoms with Gasteiger partial charge in [-0.15, -0.1) is 0 Å². The number of carbonyl (C=O) groups excluding carboxylic acids is 2. The first kappa shape index (κ1) is 16.6. The van der Waals surface area contributed by atoms with Gasteiger partial charge in [0.05, 0.1) is 11.4 Å². The highest BCUT2D eigenvalue weighted by Gasteiger charge is 2.45. The first-order valence-corrected chi connectivity index (χ1v) is 8.95. The van der Waals surface area contributed by atoms with Crippen LogP contribution in [0.15, 0.2) is 36.5 Å². The second kappa shape index (κ2) is 6.48. The average Bonchev–Trinajstić information content (AvgIpc) is 3.34. The fourth-order valence-corrected chi connectivity index (χ4v) is 3.81. The van der Waals surface area contributed by atoms with E-state index in [4.69, 9.17) is 0 Å². The zero-order valence-electron chi connectivity index (χ0n) is 14.9. The molecule has 1 aromatic carbocycles. The molecule has 2 aromatic rings. The maximum atomic E-state index is 12.5. The monoisotopic (exact) mass is 353 g/mol. The summed E-state index contributed by atoms with van der Waals surface area (Å²) in [6.07, 6.45) is 3.36. The lowest BCUT2D eigenvalue weighted by molar-refractivity contribution is -0.119. The summed E-state index contributed by atoms with van der Waals surface area (Å²) in [6.45, 7) is 4.40. The Kier molecular flexibility index (Phi) is 4.14. The van der Waals surface area contributed by atoms with Crippen molar-refractivity contribution in [2.24, 2.45) is 5.41 Å². The van der Waals surface area contributed by atoms with Gasteiger partial charge >= 0.3 is 6.03 Å².